The Hall–Kier alpha value is -1.82. The largest absolute Gasteiger partial charge is 0.489 e. The van der Waals surface area contributed by atoms with Crippen molar-refractivity contribution >= 4 is 16.7 Å². The lowest BCUT2D eigenvalue weighted by atomic mass is 10.2. The first-order chi connectivity index (χ1) is 8.47. The molecule has 0 aliphatic rings. The van der Waals surface area contributed by atoms with Gasteiger partial charge in [0.2, 0.25) is 0 Å². The second-order valence-electron chi connectivity index (χ2n) is 4.92. The Bertz CT molecular complexity index is 531. The maximum absolute atomic E-state index is 5.74. The van der Waals surface area contributed by atoms with Gasteiger partial charge in [-0.1, -0.05) is 0 Å². The fourth-order valence-electron chi connectivity index (χ4n) is 1.48. The second-order valence-corrected chi connectivity index (χ2v) is 4.92. The molecule has 0 radical (unpaired) electrons. The highest BCUT2D eigenvalue weighted by Gasteiger charge is 2.12. The highest BCUT2D eigenvalue weighted by atomic mass is 16.6. The van der Waals surface area contributed by atoms with Crippen LogP contribution in [-0.2, 0) is 4.74 Å². The Balaban J connectivity index is 2.00. The molecule has 98 valence electrons. The molecule has 2 rings (SSSR count). The minimum absolute atomic E-state index is 0.171. The van der Waals surface area contributed by atoms with Crippen LogP contribution in [0.5, 0.6) is 5.75 Å². The van der Waals surface area contributed by atoms with Gasteiger partial charge in [0, 0.05) is 0 Å². The molecule has 2 N–H and O–H groups in total. The molecule has 0 unspecified atom stereocenters. The number of anilines is 1. The van der Waals surface area contributed by atoms with Crippen LogP contribution in [0.1, 0.15) is 20.8 Å². The van der Waals surface area contributed by atoms with Crippen LogP contribution in [0.3, 0.4) is 0 Å². The van der Waals surface area contributed by atoms with Gasteiger partial charge >= 0.3 is 0 Å². The average Bonchev–Trinajstić information content (AvgIpc) is 2.75. The molecule has 0 fully saturated rings. The first-order valence-corrected chi connectivity index (χ1v) is 5.75. The number of nitrogens with two attached hydrogens (primary N) is 1. The number of nitrogen functional groups attached to an aromatic ring is 1. The zero-order valence-electron chi connectivity index (χ0n) is 10.8. The molecule has 6 heteroatoms. The summed E-state index contributed by atoms with van der Waals surface area (Å²) in [7, 11) is 0. The van der Waals surface area contributed by atoms with Gasteiger partial charge in [0.25, 0.3) is 0 Å². The molecule has 0 bridgehead atoms. The number of fused-ring (bicyclic) bond motifs is 1. The topological polar surface area (TPSA) is 83.4 Å². The summed E-state index contributed by atoms with van der Waals surface area (Å²) in [5.74, 6) is 0.595. The van der Waals surface area contributed by atoms with Crippen molar-refractivity contribution in [3.05, 3.63) is 12.1 Å². The molecule has 1 heterocycles. The monoisotopic (exact) mass is 251 g/mol. The molecule has 1 aromatic carbocycles. The summed E-state index contributed by atoms with van der Waals surface area (Å²) in [6, 6.07) is 3.46. The van der Waals surface area contributed by atoms with Gasteiger partial charge in [-0.25, -0.2) is 4.63 Å². The van der Waals surface area contributed by atoms with Crippen LogP contribution in [0.15, 0.2) is 16.8 Å². The lowest BCUT2D eigenvalue weighted by Gasteiger charge is -2.19. The first-order valence-electron chi connectivity index (χ1n) is 5.75. The van der Waals surface area contributed by atoms with Crippen LogP contribution in [0.2, 0.25) is 0 Å². The van der Waals surface area contributed by atoms with Crippen molar-refractivity contribution in [3.63, 3.8) is 0 Å². The van der Waals surface area contributed by atoms with Crippen LogP contribution in [0.4, 0.5) is 5.69 Å². The van der Waals surface area contributed by atoms with E-state index in [1.54, 1.807) is 12.1 Å². The van der Waals surface area contributed by atoms with Gasteiger partial charge < -0.3 is 15.2 Å². The highest BCUT2D eigenvalue weighted by Crippen LogP contribution is 2.26. The molecule has 0 saturated heterocycles. The lowest BCUT2D eigenvalue weighted by molar-refractivity contribution is -0.0161. The maximum atomic E-state index is 5.74. The van der Waals surface area contributed by atoms with Gasteiger partial charge in [-0.05, 0) is 43.2 Å². The van der Waals surface area contributed by atoms with Gasteiger partial charge in [-0.2, -0.15) is 0 Å². The van der Waals surface area contributed by atoms with Crippen molar-refractivity contribution in [1.82, 2.24) is 10.3 Å². The minimum Gasteiger partial charge on any atom is -0.489 e. The quantitative estimate of drug-likeness (QED) is 0.661. The number of rotatable bonds is 4. The zero-order chi connectivity index (χ0) is 13.2. The summed E-state index contributed by atoms with van der Waals surface area (Å²) in [6.45, 7) is 6.92. The van der Waals surface area contributed by atoms with Crippen LogP contribution in [0.25, 0.3) is 11.0 Å². The Kier molecular flexibility index (Phi) is 3.38. The molecule has 0 aliphatic carbocycles. The van der Waals surface area contributed by atoms with Crippen LogP contribution in [-0.4, -0.2) is 29.1 Å². The van der Waals surface area contributed by atoms with Gasteiger partial charge in [-0.15, -0.1) is 0 Å². The molecule has 2 aromatic rings. The lowest BCUT2D eigenvalue weighted by Crippen LogP contribution is -2.22. The number of benzene rings is 1. The van der Waals surface area contributed by atoms with E-state index in [-0.39, 0.29) is 5.60 Å². The van der Waals surface area contributed by atoms with Crippen LogP contribution >= 0.6 is 0 Å². The molecule has 0 atom stereocenters. The van der Waals surface area contributed by atoms with E-state index in [1.807, 2.05) is 20.8 Å². The maximum Gasteiger partial charge on any atom is 0.179 e. The molecule has 0 spiro atoms. The van der Waals surface area contributed by atoms with Gasteiger partial charge in [0.1, 0.15) is 6.61 Å². The molecule has 6 nitrogen and oxygen atoms in total. The summed E-state index contributed by atoms with van der Waals surface area (Å²) >= 11 is 0. The molecule has 18 heavy (non-hydrogen) atoms. The minimum atomic E-state index is -0.171. The van der Waals surface area contributed by atoms with Crippen LogP contribution < -0.4 is 10.5 Å². The van der Waals surface area contributed by atoms with E-state index in [0.29, 0.717) is 35.7 Å². The van der Waals surface area contributed by atoms with Crippen molar-refractivity contribution in [3.8, 4) is 5.75 Å². The predicted octanol–water partition coefficient (Wildman–Crippen LogP) is 2.00. The molecular formula is C12H17N3O3. The van der Waals surface area contributed by atoms with Crippen molar-refractivity contribution in [2.45, 2.75) is 26.4 Å². The Labute approximate surface area is 105 Å². The Morgan fingerprint density at radius 1 is 1.17 bits per heavy atom. The number of hydrogen-bond donors (Lipinski definition) is 1. The Morgan fingerprint density at radius 2 is 1.89 bits per heavy atom. The van der Waals surface area contributed by atoms with E-state index >= 15 is 0 Å². The highest BCUT2D eigenvalue weighted by molar-refractivity contribution is 5.90. The third kappa shape index (κ3) is 2.89. The van der Waals surface area contributed by atoms with Crippen molar-refractivity contribution in [1.29, 1.82) is 0 Å². The SMILES string of the molecule is CC(C)(C)OCCOc1ccc(N)c2nonc12. The average molecular weight is 251 g/mol. The van der Waals surface area contributed by atoms with Gasteiger partial charge in [0.15, 0.2) is 16.8 Å². The number of nitrogens with zero attached hydrogens (tertiary/aromatic N) is 2. The van der Waals surface area contributed by atoms with Crippen LogP contribution in [0, 0.1) is 0 Å². The van der Waals surface area contributed by atoms with Crippen molar-refractivity contribution < 1.29 is 14.1 Å². The van der Waals surface area contributed by atoms with E-state index in [9.17, 15) is 0 Å². The van der Waals surface area contributed by atoms with E-state index in [0.717, 1.165) is 0 Å². The fraction of sp³-hybridized carbons (Fsp3) is 0.500. The summed E-state index contributed by atoms with van der Waals surface area (Å²) in [5.41, 5.74) is 7.14. The molecule has 0 amide bonds. The molecule has 0 saturated carbocycles. The summed E-state index contributed by atoms with van der Waals surface area (Å²) < 4.78 is 15.8. The number of ether oxygens (including phenoxy) is 2. The third-order valence-corrected chi connectivity index (χ3v) is 2.29. The van der Waals surface area contributed by atoms with Crippen molar-refractivity contribution in [2.24, 2.45) is 0 Å². The van der Waals surface area contributed by atoms with E-state index in [2.05, 4.69) is 14.9 Å². The van der Waals surface area contributed by atoms with E-state index < -0.39 is 0 Å². The standard InChI is InChI=1S/C12H17N3O3/c1-12(2,3)17-7-6-16-9-5-4-8(13)10-11(9)15-18-14-10/h4-5H,6-7,13H2,1-3H3. The molecule has 1 aromatic heterocycles. The molecule has 0 aliphatic heterocycles. The molecular weight excluding hydrogens is 234 g/mol. The zero-order valence-corrected chi connectivity index (χ0v) is 10.8. The fourth-order valence-corrected chi connectivity index (χ4v) is 1.48. The van der Waals surface area contributed by atoms with E-state index in [1.165, 1.54) is 0 Å². The number of hydrogen-bond acceptors (Lipinski definition) is 6. The Morgan fingerprint density at radius 3 is 2.61 bits per heavy atom. The van der Waals surface area contributed by atoms with E-state index in [4.69, 9.17) is 15.2 Å². The third-order valence-electron chi connectivity index (χ3n) is 2.29. The second kappa shape index (κ2) is 4.81. The summed E-state index contributed by atoms with van der Waals surface area (Å²) in [5, 5.41) is 7.50. The summed E-state index contributed by atoms with van der Waals surface area (Å²) in [4.78, 5) is 0. The van der Waals surface area contributed by atoms with Gasteiger partial charge in [0.05, 0.1) is 17.9 Å². The number of aromatic nitrogens is 2. The smallest absolute Gasteiger partial charge is 0.179 e. The normalized spacial score (nSPS) is 11.9. The predicted molar refractivity (Wildman–Crippen MR) is 67.4 cm³/mol. The van der Waals surface area contributed by atoms with Crippen molar-refractivity contribution in [2.75, 3.05) is 18.9 Å². The first kappa shape index (κ1) is 12.6. The summed E-state index contributed by atoms with van der Waals surface area (Å²) in [6.07, 6.45) is 0. The van der Waals surface area contributed by atoms with Gasteiger partial charge in [-0.3, -0.25) is 0 Å².